The van der Waals surface area contributed by atoms with Gasteiger partial charge in [-0.05, 0) is 23.6 Å². The minimum absolute atomic E-state index is 0.342. The van der Waals surface area contributed by atoms with Crippen molar-refractivity contribution in [2.45, 2.75) is 0 Å². The quantitative estimate of drug-likeness (QED) is 0.793. The monoisotopic (exact) mass is 275 g/mol. The molecule has 0 unspecified atom stereocenters. The van der Waals surface area contributed by atoms with E-state index in [1.54, 1.807) is 17.4 Å². The molecule has 0 aliphatic carbocycles. The molecule has 1 aromatic carbocycles. The number of nitrogens with zero attached hydrogens (tertiary/aromatic N) is 2. The van der Waals surface area contributed by atoms with Gasteiger partial charge in [-0.15, -0.1) is 11.3 Å². The summed E-state index contributed by atoms with van der Waals surface area (Å²) >= 11 is 1.54. The van der Waals surface area contributed by atoms with Crippen LogP contribution in [0.2, 0.25) is 0 Å². The van der Waals surface area contributed by atoms with Crippen LogP contribution in [0.15, 0.2) is 36.0 Å². The van der Waals surface area contributed by atoms with E-state index < -0.39 is 0 Å². The summed E-state index contributed by atoms with van der Waals surface area (Å²) in [7, 11) is 1.50. The minimum Gasteiger partial charge on any atom is -0.494 e. The number of rotatable bonds is 3. The van der Waals surface area contributed by atoms with Crippen molar-refractivity contribution in [3.8, 4) is 5.75 Å². The van der Waals surface area contributed by atoms with E-state index in [9.17, 15) is 4.39 Å². The maximum absolute atomic E-state index is 13.1. The maximum atomic E-state index is 13.1. The fourth-order valence-corrected chi connectivity index (χ4v) is 2.52. The zero-order valence-electron chi connectivity index (χ0n) is 10.1. The summed E-state index contributed by atoms with van der Waals surface area (Å²) in [6.07, 6.45) is 1.50. The van der Waals surface area contributed by atoms with Gasteiger partial charge in [0.25, 0.3) is 0 Å². The molecule has 0 radical (unpaired) electrons. The molecule has 1 N–H and O–H groups in total. The third-order valence-corrected chi connectivity index (χ3v) is 3.50. The molecule has 96 valence electrons. The molecule has 0 bridgehead atoms. The highest BCUT2D eigenvalue weighted by Gasteiger charge is 2.09. The number of fused-ring (bicyclic) bond motifs is 1. The molecule has 3 rings (SSSR count). The van der Waals surface area contributed by atoms with Gasteiger partial charge in [0.2, 0.25) is 0 Å². The Bertz CT molecular complexity index is 729. The average molecular weight is 275 g/mol. The fourth-order valence-electron chi connectivity index (χ4n) is 1.79. The Morgan fingerprint density at radius 3 is 3.00 bits per heavy atom. The first-order chi connectivity index (χ1) is 9.28. The van der Waals surface area contributed by atoms with Gasteiger partial charge in [-0.2, -0.15) is 0 Å². The summed E-state index contributed by atoms with van der Waals surface area (Å²) in [5.41, 5.74) is 0.662. The lowest BCUT2D eigenvalue weighted by molar-refractivity contribution is 0.413. The SMILES string of the molecule is COc1cc(F)ccc1Nc1ncnc2sccc12. The highest BCUT2D eigenvalue weighted by atomic mass is 32.1. The van der Waals surface area contributed by atoms with Gasteiger partial charge >= 0.3 is 0 Å². The van der Waals surface area contributed by atoms with E-state index in [0.29, 0.717) is 17.3 Å². The predicted molar refractivity (Wildman–Crippen MR) is 73.6 cm³/mol. The molecule has 19 heavy (non-hydrogen) atoms. The van der Waals surface area contributed by atoms with Crippen LogP contribution in [0.25, 0.3) is 10.2 Å². The van der Waals surface area contributed by atoms with Gasteiger partial charge in [-0.3, -0.25) is 0 Å². The molecule has 0 aliphatic heterocycles. The van der Waals surface area contributed by atoms with Gasteiger partial charge in [-0.25, -0.2) is 14.4 Å². The summed E-state index contributed by atoms with van der Waals surface area (Å²) in [4.78, 5) is 9.29. The van der Waals surface area contributed by atoms with Crippen LogP contribution in [-0.4, -0.2) is 17.1 Å². The number of nitrogens with one attached hydrogen (secondary N) is 1. The number of ether oxygens (including phenoxy) is 1. The second-order valence-electron chi connectivity index (χ2n) is 3.83. The van der Waals surface area contributed by atoms with Gasteiger partial charge in [0, 0.05) is 6.07 Å². The number of benzene rings is 1. The number of methoxy groups -OCH3 is 1. The van der Waals surface area contributed by atoms with Gasteiger partial charge in [0.05, 0.1) is 18.2 Å². The lowest BCUT2D eigenvalue weighted by atomic mass is 10.2. The predicted octanol–water partition coefficient (Wildman–Crippen LogP) is 3.58. The van der Waals surface area contributed by atoms with E-state index in [2.05, 4.69) is 15.3 Å². The minimum atomic E-state index is -0.342. The summed E-state index contributed by atoms with van der Waals surface area (Å²) in [6, 6.07) is 6.26. The largest absolute Gasteiger partial charge is 0.494 e. The number of hydrogen-bond donors (Lipinski definition) is 1. The first-order valence-electron chi connectivity index (χ1n) is 5.56. The van der Waals surface area contributed by atoms with Crippen LogP contribution in [0.3, 0.4) is 0 Å². The van der Waals surface area contributed by atoms with Crippen molar-refractivity contribution in [3.63, 3.8) is 0 Å². The van der Waals surface area contributed by atoms with Crippen LogP contribution in [0, 0.1) is 5.82 Å². The van der Waals surface area contributed by atoms with E-state index >= 15 is 0 Å². The van der Waals surface area contributed by atoms with Crippen LogP contribution in [0.5, 0.6) is 5.75 Å². The van der Waals surface area contributed by atoms with E-state index in [4.69, 9.17) is 4.74 Å². The molecule has 0 aliphatic rings. The Labute approximate surface area is 112 Å². The van der Waals surface area contributed by atoms with Crippen LogP contribution < -0.4 is 10.1 Å². The molecule has 2 heterocycles. The van der Waals surface area contributed by atoms with Crippen molar-refractivity contribution in [3.05, 3.63) is 41.8 Å². The van der Waals surface area contributed by atoms with Crippen molar-refractivity contribution in [1.29, 1.82) is 0 Å². The van der Waals surface area contributed by atoms with Crippen LogP contribution in [0.4, 0.5) is 15.9 Å². The van der Waals surface area contributed by atoms with Gasteiger partial charge in [0.15, 0.2) is 0 Å². The third-order valence-electron chi connectivity index (χ3n) is 2.68. The van der Waals surface area contributed by atoms with Crippen LogP contribution in [-0.2, 0) is 0 Å². The lowest BCUT2D eigenvalue weighted by Gasteiger charge is -2.10. The van der Waals surface area contributed by atoms with E-state index in [0.717, 1.165) is 10.2 Å². The first-order valence-corrected chi connectivity index (χ1v) is 6.44. The highest BCUT2D eigenvalue weighted by molar-refractivity contribution is 7.16. The number of halogens is 1. The highest BCUT2D eigenvalue weighted by Crippen LogP contribution is 2.31. The van der Waals surface area contributed by atoms with Gasteiger partial charge < -0.3 is 10.1 Å². The maximum Gasteiger partial charge on any atom is 0.145 e. The van der Waals surface area contributed by atoms with Crippen molar-refractivity contribution in [2.24, 2.45) is 0 Å². The Kier molecular flexibility index (Phi) is 3.00. The fraction of sp³-hybridized carbons (Fsp3) is 0.0769. The summed E-state index contributed by atoms with van der Waals surface area (Å²) in [6.45, 7) is 0. The number of aromatic nitrogens is 2. The van der Waals surface area contributed by atoms with Gasteiger partial charge in [0.1, 0.15) is 28.5 Å². The standard InChI is InChI=1S/C13H10FN3OS/c1-18-11-6-8(14)2-3-10(11)17-12-9-4-5-19-13(9)16-7-15-12/h2-7H,1H3,(H,15,16,17). The Hall–Kier alpha value is -2.21. The molecule has 3 aromatic rings. The molecule has 0 saturated heterocycles. The van der Waals surface area contributed by atoms with Crippen molar-refractivity contribution >= 4 is 33.1 Å². The first kappa shape index (κ1) is 11.9. The molecular formula is C13H10FN3OS. The molecule has 0 atom stereocenters. The Morgan fingerprint density at radius 1 is 1.26 bits per heavy atom. The molecule has 2 aromatic heterocycles. The topological polar surface area (TPSA) is 47.0 Å². The van der Waals surface area contributed by atoms with E-state index in [1.165, 1.54) is 25.6 Å². The van der Waals surface area contributed by atoms with Crippen molar-refractivity contribution in [1.82, 2.24) is 9.97 Å². The molecule has 0 amide bonds. The van der Waals surface area contributed by atoms with E-state index in [1.807, 2.05) is 11.4 Å². The third kappa shape index (κ3) is 2.22. The number of anilines is 2. The van der Waals surface area contributed by atoms with Crippen LogP contribution in [0.1, 0.15) is 0 Å². The Morgan fingerprint density at radius 2 is 2.16 bits per heavy atom. The number of thiophene rings is 1. The second-order valence-corrected chi connectivity index (χ2v) is 4.73. The normalized spacial score (nSPS) is 10.6. The Balaban J connectivity index is 2.03. The molecule has 0 fully saturated rings. The van der Waals surface area contributed by atoms with Crippen LogP contribution >= 0.6 is 11.3 Å². The second kappa shape index (κ2) is 4.81. The summed E-state index contributed by atoms with van der Waals surface area (Å²) in [5.74, 6) is 0.768. The van der Waals surface area contributed by atoms with Gasteiger partial charge in [-0.1, -0.05) is 0 Å². The zero-order valence-corrected chi connectivity index (χ0v) is 10.9. The number of hydrogen-bond acceptors (Lipinski definition) is 5. The summed E-state index contributed by atoms with van der Waals surface area (Å²) < 4.78 is 18.3. The molecule has 6 heteroatoms. The molecule has 0 spiro atoms. The lowest BCUT2D eigenvalue weighted by Crippen LogP contribution is -1.98. The molecule has 4 nitrogen and oxygen atoms in total. The zero-order chi connectivity index (χ0) is 13.2. The summed E-state index contributed by atoms with van der Waals surface area (Å²) in [5, 5.41) is 6.02. The van der Waals surface area contributed by atoms with Crippen molar-refractivity contribution in [2.75, 3.05) is 12.4 Å². The van der Waals surface area contributed by atoms with Crippen molar-refractivity contribution < 1.29 is 9.13 Å². The average Bonchev–Trinajstić information content (AvgIpc) is 2.90. The van der Waals surface area contributed by atoms with E-state index in [-0.39, 0.29) is 5.82 Å². The molecular weight excluding hydrogens is 265 g/mol. The molecule has 0 saturated carbocycles. The smallest absolute Gasteiger partial charge is 0.145 e.